The van der Waals surface area contributed by atoms with Crippen molar-refractivity contribution in [3.05, 3.63) is 83.2 Å². The summed E-state index contributed by atoms with van der Waals surface area (Å²) in [5, 5.41) is 7.91. The van der Waals surface area contributed by atoms with Gasteiger partial charge in [0, 0.05) is 18.4 Å². The van der Waals surface area contributed by atoms with E-state index in [9.17, 15) is 9.18 Å². The number of pyridine rings is 1. The molecule has 5 rings (SSSR count). The Morgan fingerprint density at radius 2 is 2.09 bits per heavy atom. The SMILES string of the molecule is CCCC(CC1CCC2=Cc3c(cnn3-c3ccc(F)cc3)CC21C)NC(=O)c1cccnc1. The molecule has 6 heteroatoms. The van der Waals surface area contributed by atoms with Gasteiger partial charge in [-0.1, -0.05) is 25.8 Å². The maximum atomic E-state index is 13.4. The zero-order valence-corrected chi connectivity index (χ0v) is 19.8. The van der Waals surface area contributed by atoms with Crippen molar-refractivity contribution in [2.45, 2.75) is 58.4 Å². The number of nitrogens with one attached hydrogen (secondary N) is 1. The highest BCUT2D eigenvalue weighted by Gasteiger charge is 2.46. The molecule has 1 saturated carbocycles. The zero-order chi connectivity index (χ0) is 23.7. The monoisotopic (exact) mass is 458 g/mol. The van der Waals surface area contributed by atoms with E-state index in [0.717, 1.165) is 49.9 Å². The summed E-state index contributed by atoms with van der Waals surface area (Å²) in [5.41, 5.74) is 5.34. The van der Waals surface area contributed by atoms with Gasteiger partial charge in [-0.25, -0.2) is 9.07 Å². The fourth-order valence-electron chi connectivity index (χ4n) is 5.81. The van der Waals surface area contributed by atoms with E-state index >= 15 is 0 Å². The van der Waals surface area contributed by atoms with E-state index in [0.29, 0.717) is 11.5 Å². The number of carbonyl (C=O) groups excluding carboxylic acids is 1. The molecule has 0 saturated heterocycles. The molecule has 1 amide bonds. The van der Waals surface area contributed by atoms with Gasteiger partial charge < -0.3 is 5.32 Å². The Bertz CT molecular complexity index is 1200. The average molecular weight is 459 g/mol. The third kappa shape index (κ3) is 4.17. The summed E-state index contributed by atoms with van der Waals surface area (Å²) in [7, 11) is 0. The standard InChI is InChI=1S/C28H31FN4O/c1-3-5-24(32-27(34)19-6-4-13-30-17-19)14-21-7-8-22-15-26-20(16-28(21,22)2)18-31-33(26)25-11-9-23(29)10-12-25/h4,6,9-13,15,17-18,21,24H,3,5,7-8,14,16H2,1-2H3,(H,32,34). The van der Waals surface area contributed by atoms with Gasteiger partial charge in [0.05, 0.1) is 23.1 Å². The number of aromatic nitrogens is 3. The Kier molecular flexibility index (Phi) is 6.07. The molecule has 0 spiro atoms. The quantitative estimate of drug-likeness (QED) is 0.490. The van der Waals surface area contributed by atoms with E-state index in [4.69, 9.17) is 0 Å². The van der Waals surface area contributed by atoms with Gasteiger partial charge in [-0.3, -0.25) is 9.78 Å². The summed E-state index contributed by atoms with van der Waals surface area (Å²) in [4.78, 5) is 16.9. The van der Waals surface area contributed by atoms with Crippen LogP contribution in [0.1, 0.15) is 67.6 Å². The van der Waals surface area contributed by atoms with Gasteiger partial charge in [0.15, 0.2) is 0 Å². The summed E-state index contributed by atoms with van der Waals surface area (Å²) in [6, 6.07) is 10.2. The Balaban J connectivity index is 1.35. The Morgan fingerprint density at radius 1 is 1.26 bits per heavy atom. The average Bonchev–Trinajstić information content (AvgIpc) is 3.38. The largest absolute Gasteiger partial charge is 0.349 e. The van der Waals surface area contributed by atoms with Crippen molar-refractivity contribution in [1.29, 1.82) is 0 Å². The van der Waals surface area contributed by atoms with Gasteiger partial charge in [0.2, 0.25) is 0 Å². The van der Waals surface area contributed by atoms with Crippen LogP contribution in [0, 0.1) is 17.2 Å². The highest BCUT2D eigenvalue weighted by atomic mass is 19.1. The highest BCUT2D eigenvalue weighted by Crippen LogP contribution is 2.54. The molecule has 0 radical (unpaired) electrons. The molecule has 2 heterocycles. The predicted molar refractivity (Wildman–Crippen MR) is 131 cm³/mol. The van der Waals surface area contributed by atoms with Crippen LogP contribution < -0.4 is 5.32 Å². The number of rotatable bonds is 7. The van der Waals surface area contributed by atoms with Crippen LogP contribution in [0.15, 0.2) is 60.6 Å². The van der Waals surface area contributed by atoms with Crippen molar-refractivity contribution in [3.63, 3.8) is 0 Å². The van der Waals surface area contributed by atoms with E-state index in [1.54, 1.807) is 30.6 Å². The van der Waals surface area contributed by atoms with E-state index in [-0.39, 0.29) is 23.2 Å². The van der Waals surface area contributed by atoms with Gasteiger partial charge in [-0.15, -0.1) is 0 Å². The first kappa shape index (κ1) is 22.5. The minimum Gasteiger partial charge on any atom is -0.349 e. The molecule has 3 atom stereocenters. The molecule has 1 N–H and O–H groups in total. The Hall–Kier alpha value is -3.28. The minimum absolute atomic E-state index is 0.0445. The summed E-state index contributed by atoms with van der Waals surface area (Å²) < 4.78 is 15.3. The number of allylic oxidation sites excluding steroid dienone is 1. The number of benzene rings is 1. The second-order valence-corrected chi connectivity index (χ2v) is 9.88. The van der Waals surface area contributed by atoms with Gasteiger partial charge in [0.1, 0.15) is 5.82 Å². The van der Waals surface area contributed by atoms with Crippen molar-refractivity contribution in [2.24, 2.45) is 11.3 Å². The molecule has 1 fully saturated rings. The van der Waals surface area contributed by atoms with E-state index in [2.05, 4.69) is 35.3 Å². The number of hydrogen-bond acceptors (Lipinski definition) is 3. The molecule has 5 nitrogen and oxygen atoms in total. The topological polar surface area (TPSA) is 59.8 Å². The van der Waals surface area contributed by atoms with Crippen molar-refractivity contribution in [2.75, 3.05) is 0 Å². The van der Waals surface area contributed by atoms with Crippen molar-refractivity contribution in [1.82, 2.24) is 20.1 Å². The smallest absolute Gasteiger partial charge is 0.253 e. The van der Waals surface area contributed by atoms with Gasteiger partial charge in [-0.05, 0) is 91.5 Å². The first-order valence-corrected chi connectivity index (χ1v) is 12.2. The molecule has 2 aliphatic carbocycles. The molecule has 1 aromatic carbocycles. The third-order valence-electron chi connectivity index (χ3n) is 7.69. The van der Waals surface area contributed by atoms with Crippen LogP contribution in [-0.2, 0) is 6.42 Å². The van der Waals surface area contributed by atoms with Crippen LogP contribution in [-0.4, -0.2) is 26.7 Å². The second-order valence-electron chi connectivity index (χ2n) is 9.88. The normalized spacial score (nSPS) is 22.0. The van der Waals surface area contributed by atoms with Crippen LogP contribution in [0.3, 0.4) is 0 Å². The molecular formula is C28H31FN4O. The van der Waals surface area contributed by atoms with Gasteiger partial charge in [-0.2, -0.15) is 5.10 Å². The number of carbonyl (C=O) groups is 1. The predicted octanol–water partition coefficient (Wildman–Crippen LogP) is 5.75. The summed E-state index contributed by atoms with van der Waals surface area (Å²) in [6.07, 6.45) is 13.7. The van der Waals surface area contributed by atoms with E-state index in [1.807, 2.05) is 16.9 Å². The minimum atomic E-state index is -0.244. The highest BCUT2D eigenvalue weighted by molar-refractivity contribution is 5.94. The number of fused-ring (bicyclic) bond motifs is 2. The van der Waals surface area contributed by atoms with Crippen LogP contribution in [0.5, 0.6) is 0 Å². The summed E-state index contributed by atoms with van der Waals surface area (Å²) in [5.74, 6) is 0.204. The second kappa shape index (κ2) is 9.16. The molecule has 176 valence electrons. The lowest BCUT2D eigenvalue weighted by Gasteiger charge is -2.37. The van der Waals surface area contributed by atoms with Crippen molar-refractivity contribution < 1.29 is 9.18 Å². The first-order chi connectivity index (χ1) is 16.5. The number of nitrogens with zero attached hydrogens (tertiary/aromatic N) is 3. The molecule has 3 unspecified atom stereocenters. The number of amides is 1. The molecule has 0 aliphatic heterocycles. The Morgan fingerprint density at radius 3 is 2.82 bits per heavy atom. The fraction of sp³-hybridized carbons (Fsp3) is 0.393. The van der Waals surface area contributed by atoms with Crippen LogP contribution in [0.2, 0.25) is 0 Å². The zero-order valence-electron chi connectivity index (χ0n) is 19.8. The molecule has 0 bridgehead atoms. The van der Waals surface area contributed by atoms with E-state index in [1.165, 1.54) is 23.3 Å². The summed E-state index contributed by atoms with van der Waals surface area (Å²) in [6.45, 7) is 4.54. The first-order valence-electron chi connectivity index (χ1n) is 12.2. The van der Waals surface area contributed by atoms with Gasteiger partial charge >= 0.3 is 0 Å². The molecular weight excluding hydrogens is 427 g/mol. The molecule has 34 heavy (non-hydrogen) atoms. The lowest BCUT2D eigenvalue weighted by atomic mass is 9.68. The molecule has 3 aromatic rings. The maximum absolute atomic E-state index is 13.4. The lowest BCUT2D eigenvalue weighted by molar-refractivity contribution is 0.0920. The van der Waals surface area contributed by atoms with Gasteiger partial charge in [0.25, 0.3) is 5.91 Å². The number of hydrogen-bond donors (Lipinski definition) is 1. The molecule has 2 aliphatic rings. The van der Waals surface area contributed by atoms with Crippen molar-refractivity contribution in [3.8, 4) is 5.69 Å². The summed E-state index contributed by atoms with van der Waals surface area (Å²) >= 11 is 0. The third-order valence-corrected chi connectivity index (χ3v) is 7.69. The van der Waals surface area contributed by atoms with Crippen molar-refractivity contribution >= 4 is 12.0 Å². The van der Waals surface area contributed by atoms with Crippen LogP contribution in [0.25, 0.3) is 11.8 Å². The fourth-order valence-corrected chi connectivity index (χ4v) is 5.81. The van der Waals surface area contributed by atoms with Crippen LogP contribution in [0.4, 0.5) is 4.39 Å². The van der Waals surface area contributed by atoms with E-state index < -0.39 is 0 Å². The number of halogens is 1. The molecule has 2 aromatic heterocycles. The maximum Gasteiger partial charge on any atom is 0.253 e. The lowest BCUT2D eigenvalue weighted by Crippen LogP contribution is -2.39. The van der Waals surface area contributed by atoms with Crippen LogP contribution >= 0.6 is 0 Å². The Labute approximate surface area is 200 Å².